The number of aliphatic hydroxyl groups is 1. The fourth-order valence-electron chi connectivity index (χ4n) is 5.72. The van der Waals surface area contributed by atoms with E-state index in [4.69, 9.17) is 10.1 Å². The van der Waals surface area contributed by atoms with Gasteiger partial charge in [0.15, 0.2) is 5.78 Å². The molecule has 2 aliphatic rings. The molecule has 0 saturated carbocycles. The first-order valence-electron chi connectivity index (χ1n) is 12.0. The first kappa shape index (κ1) is 26.0. The first-order valence-corrected chi connectivity index (χ1v) is 12.0. The van der Waals surface area contributed by atoms with Crippen molar-refractivity contribution >= 4 is 16.6 Å². The van der Waals surface area contributed by atoms with Crippen molar-refractivity contribution in [3.63, 3.8) is 0 Å². The molecule has 1 N–H and O–H groups in total. The van der Waals surface area contributed by atoms with Crippen LogP contribution >= 0.6 is 0 Å². The second kappa shape index (κ2) is 9.10. The van der Waals surface area contributed by atoms with Crippen LogP contribution in [0.1, 0.15) is 63.8 Å². The number of carbonyl (C=O) groups excluding carboxylic acids is 1. The first-order chi connectivity index (χ1) is 16.5. The van der Waals surface area contributed by atoms with Crippen molar-refractivity contribution in [2.75, 3.05) is 0 Å². The molecular formula is C32H30IrNO2-. The predicted molar refractivity (Wildman–Crippen MR) is 143 cm³/mol. The van der Waals surface area contributed by atoms with Gasteiger partial charge in [-0.15, -0.1) is 23.6 Å². The fraction of sp³-hybridized carbons (Fsp3) is 0.250. The van der Waals surface area contributed by atoms with Crippen LogP contribution in [-0.4, -0.2) is 15.9 Å². The van der Waals surface area contributed by atoms with Gasteiger partial charge >= 0.3 is 0 Å². The van der Waals surface area contributed by atoms with Crippen LogP contribution in [0.15, 0.2) is 72.6 Å². The topological polar surface area (TPSA) is 50.2 Å². The van der Waals surface area contributed by atoms with Crippen LogP contribution in [0.2, 0.25) is 0 Å². The zero-order chi connectivity index (χ0) is 25.1. The molecule has 36 heavy (non-hydrogen) atoms. The van der Waals surface area contributed by atoms with E-state index in [0.717, 1.165) is 16.6 Å². The van der Waals surface area contributed by atoms with Crippen molar-refractivity contribution in [2.24, 2.45) is 0 Å². The van der Waals surface area contributed by atoms with Crippen LogP contribution in [0.5, 0.6) is 0 Å². The summed E-state index contributed by atoms with van der Waals surface area (Å²) in [6.07, 6.45) is 3.15. The number of aromatic nitrogens is 1. The van der Waals surface area contributed by atoms with E-state index in [1.807, 2.05) is 6.20 Å². The molecule has 1 radical (unpaired) electrons. The van der Waals surface area contributed by atoms with E-state index in [2.05, 4.69) is 88.4 Å². The number of hydrogen-bond acceptors (Lipinski definition) is 3. The van der Waals surface area contributed by atoms with Gasteiger partial charge in [0, 0.05) is 43.5 Å². The van der Waals surface area contributed by atoms with E-state index in [1.165, 1.54) is 58.7 Å². The van der Waals surface area contributed by atoms with Gasteiger partial charge in [-0.25, -0.2) is 0 Å². The Balaban J connectivity index is 0.000000338. The maximum absolute atomic E-state index is 10.0. The molecule has 0 aliphatic heterocycles. The van der Waals surface area contributed by atoms with Crippen LogP contribution < -0.4 is 0 Å². The Morgan fingerprint density at radius 2 is 1.47 bits per heavy atom. The summed E-state index contributed by atoms with van der Waals surface area (Å²) >= 11 is 0. The number of nitrogens with zero attached hydrogens (tertiary/aromatic N) is 1. The molecule has 3 nitrogen and oxygen atoms in total. The van der Waals surface area contributed by atoms with Crippen LogP contribution in [0.25, 0.3) is 33.2 Å². The summed E-state index contributed by atoms with van der Waals surface area (Å²) in [5.74, 6) is -0.0625. The van der Waals surface area contributed by atoms with E-state index in [9.17, 15) is 4.79 Å². The van der Waals surface area contributed by atoms with Crippen molar-refractivity contribution in [1.29, 1.82) is 0 Å². The Hall–Kier alpha value is -3.07. The van der Waals surface area contributed by atoms with Crippen LogP contribution in [0.4, 0.5) is 0 Å². The average molecular weight is 653 g/mol. The SMILES string of the molecule is CC(=O)/C=C(/C)O.CC1(C)c2cc3ccccc3[c-]c2-c2nccc3c2-c2c1cccc2C3(C)C.[Ir]. The summed E-state index contributed by atoms with van der Waals surface area (Å²) in [5, 5.41) is 10.8. The summed E-state index contributed by atoms with van der Waals surface area (Å²) in [6.45, 7) is 12.2. The third-order valence-corrected chi connectivity index (χ3v) is 7.40. The van der Waals surface area contributed by atoms with Gasteiger partial charge in [0.05, 0.1) is 5.76 Å². The number of rotatable bonds is 1. The van der Waals surface area contributed by atoms with E-state index >= 15 is 0 Å². The van der Waals surface area contributed by atoms with Crippen molar-refractivity contribution in [2.45, 2.75) is 52.4 Å². The van der Waals surface area contributed by atoms with E-state index in [0.29, 0.717) is 0 Å². The number of aliphatic hydroxyl groups excluding tert-OH is 1. The molecule has 4 heteroatoms. The van der Waals surface area contributed by atoms with Gasteiger partial charge < -0.3 is 5.11 Å². The largest absolute Gasteiger partial charge is 0.512 e. The van der Waals surface area contributed by atoms with Crippen molar-refractivity contribution in [3.05, 3.63) is 101 Å². The number of ketones is 1. The number of hydrogen-bond donors (Lipinski definition) is 1. The van der Waals surface area contributed by atoms with Gasteiger partial charge in [0.2, 0.25) is 0 Å². The Labute approximate surface area is 226 Å². The maximum atomic E-state index is 10.0. The summed E-state index contributed by atoms with van der Waals surface area (Å²) in [7, 11) is 0. The Kier molecular flexibility index (Phi) is 6.58. The van der Waals surface area contributed by atoms with Gasteiger partial charge in [0.25, 0.3) is 0 Å². The van der Waals surface area contributed by atoms with Crippen molar-refractivity contribution in [3.8, 4) is 22.4 Å². The molecular weight excluding hydrogens is 623 g/mol. The summed E-state index contributed by atoms with van der Waals surface area (Å²) < 4.78 is 0. The molecule has 6 rings (SSSR count). The van der Waals surface area contributed by atoms with Gasteiger partial charge in [-0.05, 0) is 53.1 Å². The molecule has 0 amide bonds. The molecule has 1 heterocycles. The second-order valence-electron chi connectivity index (χ2n) is 10.6. The predicted octanol–water partition coefficient (Wildman–Crippen LogP) is 7.68. The summed E-state index contributed by atoms with van der Waals surface area (Å²) in [5.41, 5.74) is 10.3. The van der Waals surface area contributed by atoms with Gasteiger partial charge in [-0.2, -0.15) is 0 Å². The molecule has 185 valence electrons. The second-order valence-corrected chi connectivity index (χ2v) is 10.6. The number of fused-ring (bicyclic) bond motifs is 3. The normalized spacial score (nSPS) is 15.6. The molecule has 0 fully saturated rings. The van der Waals surface area contributed by atoms with E-state index in [1.54, 1.807) is 0 Å². The van der Waals surface area contributed by atoms with Crippen LogP contribution in [-0.2, 0) is 35.7 Å². The minimum absolute atomic E-state index is 0. The average Bonchev–Trinajstić information content (AvgIpc) is 3.00. The Bertz CT molecular complexity index is 1540. The van der Waals surface area contributed by atoms with E-state index < -0.39 is 0 Å². The number of pyridine rings is 1. The minimum Gasteiger partial charge on any atom is -0.512 e. The summed E-state index contributed by atoms with van der Waals surface area (Å²) in [4.78, 5) is 14.9. The molecule has 0 spiro atoms. The Morgan fingerprint density at radius 1 is 0.861 bits per heavy atom. The van der Waals surface area contributed by atoms with Crippen LogP contribution in [0, 0.1) is 6.07 Å². The maximum Gasteiger partial charge on any atom is 0.155 e. The van der Waals surface area contributed by atoms with Gasteiger partial charge in [0.1, 0.15) is 0 Å². The fourth-order valence-corrected chi connectivity index (χ4v) is 5.72. The van der Waals surface area contributed by atoms with Crippen LogP contribution in [0.3, 0.4) is 0 Å². The smallest absolute Gasteiger partial charge is 0.155 e. The van der Waals surface area contributed by atoms with Gasteiger partial charge in [-0.1, -0.05) is 80.6 Å². The molecule has 2 aliphatic carbocycles. The molecule has 3 aromatic carbocycles. The van der Waals surface area contributed by atoms with Crippen molar-refractivity contribution < 1.29 is 30.0 Å². The third-order valence-electron chi connectivity index (χ3n) is 7.40. The summed E-state index contributed by atoms with van der Waals surface area (Å²) in [6, 6.07) is 23.7. The zero-order valence-electron chi connectivity index (χ0n) is 21.5. The van der Waals surface area contributed by atoms with Gasteiger partial charge in [-0.3, -0.25) is 9.78 Å². The molecule has 4 aromatic rings. The number of allylic oxidation sites excluding steroid dienone is 2. The molecule has 0 saturated heterocycles. The number of carbonyl (C=O) groups is 1. The third kappa shape index (κ3) is 3.93. The zero-order valence-corrected chi connectivity index (χ0v) is 23.9. The molecule has 0 atom stereocenters. The molecule has 0 unspecified atom stereocenters. The molecule has 1 aromatic heterocycles. The Morgan fingerprint density at radius 3 is 2.08 bits per heavy atom. The standard InChI is InChI=1S/C27H22N.C5H8O2.Ir/c1-26(2)19-10-7-11-20-23(19)24-21(26)12-13-28-25(24)18-14-16-8-5-6-9-17(16)15-22(18)27(20,3)4;1-4(6)3-5(2)7;/h5-13,15H,1-4H3;3,6H,1-2H3;/q-1;;/b;4-3-;. The number of benzene rings is 3. The van der Waals surface area contributed by atoms with Crippen molar-refractivity contribution in [1.82, 2.24) is 4.98 Å². The monoisotopic (exact) mass is 653 g/mol. The van der Waals surface area contributed by atoms with E-state index in [-0.39, 0.29) is 42.5 Å². The molecule has 0 bridgehead atoms. The minimum atomic E-state index is -0.125. The quantitative estimate of drug-likeness (QED) is 0.130.